The molecule has 21 heavy (non-hydrogen) atoms. The summed E-state index contributed by atoms with van der Waals surface area (Å²) in [5.41, 5.74) is 8.49. The van der Waals surface area contributed by atoms with Crippen molar-refractivity contribution in [1.29, 1.82) is 0 Å². The first-order valence-corrected chi connectivity index (χ1v) is 7.87. The van der Waals surface area contributed by atoms with Crippen molar-refractivity contribution in [2.24, 2.45) is 5.73 Å². The molecule has 0 spiro atoms. The number of benzene rings is 1. The van der Waals surface area contributed by atoms with E-state index in [1.807, 2.05) is 30.9 Å². The van der Waals surface area contributed by atoms with E-state index in [4.69, 9.17) is 10.5 Å². The highest BCUT2D eigenvalue weighted by Gasteiger charge is 2.21. The number of hydrogen-bond donors (Lipinski definition) is 1. The first-order valence-electron chi connectivity index (χ1n) is 6.79. The molecule has 0 aliphatic rings. The van der Waals surface area contributed by atoms with Crippen LogP contribution in [0.5, 0.6) is 5.75 Å². The first kappa shape index (κ1) is 16.3. The van der Waals surface area contributed by atoms with Gasteiger partial charge in [0.2, 0.25) is 0 Å². The van der Waals surface area contributed by atoms with E-state index in [1.54, 1.807) is 13.3 Å². The Morgan fingerprint density at radius 3 is 2.71 bits per heavy atom. The maximum absolute atomic E-state index is 6.49. The van der Waals surface area contributed by atoms with E-state index in [2.05, 4.69) is 44.7 Å². The quantitative estimate of drug-likeness (QED) is 0.755. The van der Waals surface area contributed by atoms with Gasteiger partial charge in [-0.2, -0.15) is 5.10 Å². The molecule has 2 aromatic rings. The van der Waals surface area contributed by atoms with Crippen molar-refractivity contribution < 1.29 is 4.74 Å². The molecule has 1 aromatic carbocycles. The number of halogens is 1. The molecule has 0 saturated heterocycles. The fourth-order valence-electron chi connectivity index (χ4n) is 2.20. The first-order chi connectivity index (χ1) is 10.0. The number of aromatic nitrogens is 2. The number of likely N-dealkylation sites (N-methyl/N-ethyl adjacent to an activating group) is 1. The van der Waals surface area contributed by atoms with Crippen LogP contribution in [-0.2, 0) is 6.54 Å². The Labute approximate surface area is 139 Å². The molecule has 2 rings (SSSR count). The number of hydrogen-bond acceptors (Lipinski definition) is 4. The van der Waals surface area contributed by atoms with Crippen LogP contribution in [0.25, 0.3) is 0 Å². The molecule has 1 unspecified atom stereocenters. The lowest BCUT2D eigenvalue weighted by Gasteiger charge is -2.18. The Bertz CT molecular complexity index is 597. The molecule has 0 aliphatic carbocycles. The molecule has 2 N–H and O–H groups in total. The Balaban J connectivity index is 2.36. The van der Waals surface area contributed by atoms with Crippen LogP contribution in [0.4, 0.5) is 0 Å². The molecule has 0 amide bonds. The second-order valence-corrected chi connectivity index (χ2v) is 6.29. The number of nitrogens with two attached hydrogens (primary N) is 1. The molecule has 6 heteroatoms. The summed E-state index contributed by atoms with van der Waals surface area (Å²) in [6.45, 7) is 1.68. The zero-order valence-corrected chi connectivity index (χ0v) is 14.7. The third kappa shape index (κ3) is 3.75. The third-order valence-corrected chi connectivity index (χ3v) is 4.34. The second-order valence-electron chi connectivity index (χ2n) is 5.12. The lowest BCUT2D eigenvalue weighted by atomic mass is 10.0. The van der Waals surface area contributed by atoms with E-state index in [0.29, 0.717) is 0 Å². The van der Waals surface area contributed by atoms with Gasteiger partial charge in [-0.05, 0) is 48.3 Å². The minimum absolute atomic E-state index is 0.252. The summed E-state index contributed by atoms with van der Waals surface area (Å²) in [4.78, 5) is 2.12. The third-order valence-electron chi connectivity index (χ3n) is 3.36. The fraction of sp³-hybridized carbons (Fsp3) is 0.400. The van der Waals surface area contributed by atoms with Crippen LogP contribution in [0.3, 0.4) is 0 Å². The molecule has 0 fully saturated rings. The summed E-state index contributed by atoms with van der Waals surface area (Å²) in [5, 5.41) is 4.42. The van der Waals surface area contributed by atoms with Gasteiger partial charge < -0.3 is 15.4 Å². The summed E-state index contributed by atoms with van der Waals surface area (Å²) in [5.74, 6) is 0.737. The lowest BCUT2D eigenvalue weighted by molar-refractivity contribution is 0.363. The standard InChI is InChI=1S/C15H21IN4O/c1-19(2)8-9-20-15(13(21-3)10-18-20)14(17)11-6-4-5-7-12(11)16/h4-7,10,14H,8-9,17H2,1-3H3. The van der Waals surface area contributed by atoms with E-state index >= 15 is 0 Å². The van der Waals surface area contributed by atoms with E-state index in [9.17, 15) is 0 Å². The van der Waals surface area contributed by atoms with Gasteiger partial charge in [0.15, 0.2) is 5.75 Å². The van der Waals surface area contributed by atoms with Crippen LogP contribution in [0, 0.1) is 3.57 Å². The highest BCUT2D eigenvalue weighted by atomic mass is 127. The summed E-state index contributed by atoms with van der Waals surface area (Å²) >= 11 is 2.31. The largest absolute Gasteiger partial charge is 0.493 e. The highest BCUT2D eigenvalue weighted by molar-refractivity contribution is 14.1. The van der Waals surface area contributed by atoms with Gasteiger partial charge in [-0.3, -0.25) is 4.68 Å². The molecule has 114 valence electrons. The summed E-state index contributed by atoms with van der Waals surface area (Å²) in [6, 6.07) is 7.87. The molecule has 1 heterocycles. The van der Waals surface area contributed by atoms with Gasteiger partial charge in [0.1, 0.15) is 5.69 Å². The van der Waals surface area contributed by atoms with Crippen molar-refractivity contribution in [1.82, 2.24) is 14.7 Å². The van der Waals surface area contributed by atoms with Gasteiger partial charge in [0.05, 0.1) is 25.9 Å². The van der Waals surface area contributed by atoms with Crippen LogP contribution in [0.2, 0.25) is 0 Å². The predicted molar refractivity (Wildman–Crippen MR) is 92.5 cm³/mol. The summed E-state index contributed by atoms with van der Waals surface area (Å²) < 4.78 is 8.52. The topological polar surface area (TPSA) is 56.3 Å². The Kier molecular flexibility index (Phi) is 5.60. The lowest BCUT2D eigenvalue weighted by Crippen LogP contribution is -2.24. The monoisotopic (exact) mass is 400 g/mol. The van der Waals surface area contributed by atoms with Gasteiger partial charge >= 0.3 is 0 Å². The number of ether oxygens (including phenoxy) is 1. The van der Waals surface area contributed by atoms with Crippen molar-refractivity contribution in [3.05, 3.63) is 45.3 Å². The van der Waals surface area contributed by atoms with Gasteiger partial charge in [-0.15, -0.1) is 0 Å². The molecule has 5 nitrogen and oxygen atoms in total. The van der Waals surface area contributed by atoms with Crippen LogP contribution in [0.15, 0.2) is 30.5 Å². The summed E-state index contributed by atoms with van der Waals surface area (Å²) in [6.07, 6.45) is 1.74. The Morgan fingerprint density at radius 1 is 1.38 bits per heavy atom. The Hall–Kier alpha value is -1.12. The molecular formula is C15H21IN4O. The van der Waals surface area contributed by atoms with Crippen molar-refractivity contribution in [3.8, 4) is 5.75 Å². The maximum Gasteiger partial charge on any atom is 0.161 e. The highest BCUT2D eigenvalue weighted by Crippen LogP contribution is 2.30. The van der Waals surface area contributed by atoms with E-state index in [1.165, 1.54) is 0 Å². The minimum atomic E-state index is -0.252. The molecule has 1 atom stereocenters. The summed E-state index contributed by atoms with van der Waals surface area (Å²) in [7, 11) is 5.74. The SMILES string of the molecule is COc1cnn(CCN(C)C)c1C(N)c1ccccc1I. The van der Waals surface area contributed by atoms with Crippen LogP contribution in [0.1, 0.15) is 17.3 Å². The normalized spacial score (nSPS) is 12.7. The van der Waals surface area contributed by atoms with Gasteiger partial charge in [-0.25, -0.2) is 0 Å². The molecule has 0 aliphatic heterocycles. The van der Waals surface area contributed by atoms with Crippen LogP contribution in [-0.4, -0.2) is 42.4 Å². The molecule has 1 aromatic heterocycles. The molecule has 0 radical (unpaired) electrons. The second kappa shape index (κ2) is 7.24. The van der Waals surface area contributed by atoms with Crippen molar-refractivity contribution >= 4 is 22.6 Å². The number of methoxy groups -OCH3 is 1. The number of nitrogens with zero attached hydrogens (tertiary/aromatic N) is 3. The molecule has 0 bridgehead atoms. The molecule has 0 saturated carbocycles. The van der Waals surface area contributed by atoms with Crippen LogP contribution >= 0.6 is 22.6 Å². The van der Waals surface area contributed by atoms with Crippen molar-refractivity contribution in [3.63, 3.8) is 0 Å². The average Bonchev–Trinajstić information content (AvgIpc) is 2.87. The zero-order valence-electron chi connectivity index (χ0n) is 12.6. The maximum atomic E-state index is 6.49. The Morgan fingerprint density at radius 2 is 2.10 bits per heavy atom. The van der Waals surface area contributed by atoms with Gasteiger partial charge in [0, 0.05) is 10.1 Å². The minimum Gasteiger partial charge on any atom is -0.493 e. The predicted octanol–water partition coefficient (Wildman–Crippen LogP) is 2.11. The van der Waals surface area contributed by atoms with Crippen molar-refractivity contribution in [2.75, 3.05) is 27.7 Å². The van der Waals surface area contributed by atoms with Crippen LogP contribution < -0.4 is 10.5 Å². The van der Waals surface area contributed by atoms with E-state index in [0.717, 1.165) is 33.7 Å². The van der Waals surface area contributed by atoms with E-state index < -0.39 is 0 Å². The fourth-order valence-corrected chi connectivity index (χ4v) is 2.92. The zero-order chi connectivity index (χ0) is 15.4. The van der Waals surface area contributed by atoms with Crippen molar-refractivity contribution in [2.45, 2.75) is 12.6 Å². The average molecular weight is 400 g/mol. The van der Waals surface area contributed by atoms with Gasteiger partial charge in [-0.1, -0.05) is 18.2 Å². The number of rotatable bonds is 6. The van der Waals surface area contributed by atoms with E-state index in [-0.39, 0.29) is 6.04 Å². The van der Waals surface area contributed by atoms with Gasteiger partial charge in [0.25, 0.3) is 0 Å². The molecular weight excluding hydrogens is 379 g/mol. The smallest absolute Gasteiger partial charge is 0.161 e.